The predicted octanol–water partition coefficient (Wildman–Crippen LogP) is 11.3. The summed E-state index contributed by atoms with van der Waals surface area (Å²) in [5.41, 5.74) is 3.62. The van der Waals surface area contributed by atoms with Crippen molar-refractivity contribution in [3.05, 3.63) is 133 Å². The van der Waals surface area contributed by atoms with E-state index in [9.17, 15) is 9.59 Å². The molecule has 0 atom stereocenters. The van der Waals surface area contributed by atoms with E-state index >= 15 is 0 Å². The molecule has 0 unspecified atom stereocenters. The van der Waals surface area contributed by atoms with E-state index in [1.54, 1.807) is 17.6 Å². The summed E-state index contributed by atoms with van der Waals surface area (Å²) in [4.78, 5) is 27.2. The first-order chi connectivity index (χ1) is 31.4. The van der Waals surface area contributed by atoms with Gasteiger partial charge in [0.1, 0.15) is 36.2 Å². The number of hydrogen-bond acceptors (Lipinski definition) is 13. The molecule has 1 heterocycles. The number of thiazole rings is 1. The molecule has 5 rings (SSSR count). The lowest BCUT2D eigenvalue weighted by atomic mass is 10.2. The van der Waals surface area contributed by atoms with E-state index in [1.165, 1.54) is 12.2 Å². The third kappa shape index (κ3) is 17.6. The number of carbonyl (C=O) groups excluding carboxylic acids is 2. The quantitative estimate of drug-likeness (QED) is 0.0138. The molecule has 1 aromatic heterocycles. The van der Waals surface area contributed by atoms with Crippen molar-refractivity contribution in [2.24, 2.45) is 5.10 Å². The smallest absolute Gasteiger partial charge is 0.330 e. The Labute approximate surface area is 380 Å². The maximum atomic E-state index is 11.2. The van der Waals surface area contributed by atoms with Gasteiger partial charge in [-0.3, -0.25) is 0 Å². The monoisotopic (exact) mass is 886 g/mol. The van der Waals surface area contributed by atoms with Crippen LogP contribution in [0.15, 0.2) is 121 Å². The van der Waals surface area contributed by atoms with Gasteiger partial charge < -0.3 is 28.4 Å². The summed E-state index contributed by atoms with van der Waals surface area (Å²) in [7, 11) is 0. The summed E-state index contributed by atoms with van der Waals surface area (Å²) in [6.07, 6.45) is 13.5. The van der Waals surface area contributed by atoms with Crippen LogP contribution >= 0.6 is 11.3 Å². The maximum Gasteiger partial charge on any atom is 0.330 e. The van der Waals surface area contributed by atoms with Crippen molar-refractivity contribution in [2.45, 2.75) is 83.8 Å². The van der Waals surface area contributed by atoms with Crippen LogP contribution in [0.4, 0.5) is 5.13 Å². The van der Waals surface area contributed by atoms with E-state index in [-0.39, 0.29) is 11.9 Å². The van der Waals surface area contributed by atoms with Gasteiger partial charge in [-0.1, -0.05) is 60.9 Å². The van der Waals surface area contributed by atoms with Crippen LogP contribution in [0.3, 0.4) is 0 Å². The first kappa shape index (κ1) is 48.4. The number of nitriles is 1. The van der Waals surface area contributed by atoms with Crippen LogP contribution in [0, 0.1) is 11.3 Å². The molecule has 0 fully saturated rings. The Hall–Kier alpha value is -6.65. The fourth-order valence-corrected chi connectivity index (χ4v) is 7.22. The highest BCUT2D eigenvalue weighted by Gasteiger charge is 2.13. The third-order valence-electron chi connectivity index (χ3n) is 9.81. The van der Waals surface area contributed by atoms with Crippen LogP contribution in [0.1, 0.15) is 87.3 Å². The van der Waals surface area contributed by atoms with Crippen LogP contribution in [-0.4, -0.2) is 56.1 Å². The minimum Gasteiger partial charge on any atom is -0.494 e. The minimum atomic E-state index is -0.386. The lowest BCUT2D eigenvalue weighted by Crippen LogP contribution is -2.18. The summed E-state index contributed by atoms with van der Waals surface area (Å²) >= 11 is 1.58. The van der Waals surface area contributed by atoms with E-state index in [1.807, 2.05) is 89.9 Å². The van der Waals surface area contributed by atoms with E-state index in [0.717, 1.165) is 108 Å². The van der Waals surface area contributed by atoms with Gasteiger partial charge in [-0.05, 0) is 130 Å². The molecule has 0 saturated carbocycles. The van der Waals surface area contributed by atoms with Crippen LogP contribution in [-0.2, 0) is 32.3 Å². The number of nitrogens with zero attached hydrogens (tertiary/aromatic N) is 4. The summed E-state index contributed by atoms with van der Waals surface area (Å²) in [6.45, 7) is 10.1. The lowest BCUT2D eigenvalue weighted by molar-refractivity contribution is -0.138. The number of ether oxygens (including phenoxy) is 6. The largest absolute Gasteiger partial charge is 0.494 e. The third-order valence-corrected chi connectivity index (χ3v) is 10.9. The van der Waals surface area contributed by atoms with Gasteiger partial charge in [0.25, 0.3) is 0 Å². The number of benzene rings is 4. The zero-order chi connectivity index (χ0) is 45.0. The highest BCUT2D eigenvalue weighted by Crippen LogP contribution is 2.30. The van der Waals surface area contributed by atoms with Crippen molar-refractivity contribution >= 4 is 44.8 Å². The average Bonchev–Trinajstić information content (AvgIpc) is 3.77. The SMILES string of the molecule is C=CC(=O)OCCCCCCOc1ccc(COc2ccc(OCc3ccc(OCCCCCCOC(=O)C=C)cc3)c(/C=N/N(CCCCC#N)c3nc4ccccc4s3)c2)cc1. The first-order valence-electron chi connectivity index (χ1n) is 21.9. The molecule has 5 aromatic rings. The molecule has 0 amide bonds. The molecule has 0 saturated heterocycles. The minimum absolute atomic E-state index is 0.329. The van der Waals surface area contributed by atoms with Crippen molar-refractivity contribution in [1.82, 2.24) is 4.98 Å². The number of rotatable bonds is 31. The molecule has 12 nitrogen and oxygen atoms in total. The maximum absolute atomic E-state index is 11.2. The lowest BCUT2D eigenvalue weighted by Gasteiger charge is -2.16. The Kier molecular flexibility index (Phi) is 21.3. The molecular weight excluding hydrogens is 829 g/mol. The zero-order valence-corrected chi connectivity index (χ0v) is 37.3. The number of unbranched alkanes of at least 4 members (excludes halogenated alkanes) is 8. The molecule has 64 heavy (non-hydrogen) atoms. The topological polar surface area (TPSA) is 142 Å². The average molecular weight is 887 g/mol. The van der Waals surface area contributed by atoms with Crippen LogP contribution < -0.4 is 24.0 Å². The number of aromatic nitrogens is 1. The summed E-state index contributed by atoms with van der Waals surface area (Å²) in [5, 5.41) is 16.7. The highest BCUT2D eigenvalue weighted by molar-refractivity contribution is 7.22. The standard InChI is InChI=1S/C51H58N4O8S/c1-3-49(56)60-34-16-7-5-14-32-58-43-24-20-40(21-25-43)38-62-45-28-29-47(63-39-41-22-26-44(27-23-41)59-33-15-6-8-17-35-61-50(57)4-2)42(36-45)37-53-55(31-13-9-12-30-52)51-54-46-18-10-11-19-48(46)64-51/h3-4,10-11,18-29,36-37H,1-2,5-9,12-17,31-35,38-39H2/b53-37+. The van der Waals surface area contributed by atoms with E-state index in [4.69, 9.17) is 43.8 Å². The van der Waals surface area contributed by atoms with Gasteiger partial charge in [0, 0.05) is 30.7 Å². The van der Waals surface area contributed by atoms with Gasteiger partial charge >= 0.3 is 11.9 Å². The Morgan fingerprint density at radius 2 is 1.22 bits per heavy atom. The summed E-state index contributed by atoms with van der Waals surface area (Å²) in [5.74, 6) is 2.12. The molecule has 0 aliphatic carbocycles. The van der Waals surface area contributed by atoms with Gasteiger partial charge in [-0.25, -0.2) is 19.6 Å². The second-order valence-corrected chi connectivity index (χ2v) is 15.8. The van der Waals surface area contributed by atoms with Crippen molar-refractivity contribution in [3.63, 3.8) is 0 Å². The Morgan fingerprint density at radius 3 is 1.80 bits per heavy atom. The molecule has 0 bridgehead atoms. The summed E-state index contributed by atoms with van der Waals surface area (Å²) < 4.78 is 35.7. The molecule has 0 spiro atoms. The molecule has 0 aliphatic rings. The van der Waals surface area contributed by atoms with Gasteiger partial charge in [-0.2, -0.15) is 10.4 Å². The second-order valence-electron chi connectivity index (χ2n) is 14.8. The molecule has 4 aromatic carbocycles. The molecule has 0 N–H and O–H groups in total. The molecular formula is C51H58N4O8S. The Morgan fingerprint density at radius 1 is 0.656 bits per heavy atom. The fraction of sp³-hybridized carbons (Fsp3) is 0.353. The molecule has 0 aliphatic heterocycles. The first-order valence-corrected chi connectivity index (χ1v) is 22.7. The number of esters is 2. The van der Waals surface area contributed by atoms with E-state index < -0.39 is 0 Å². The van der Waals surface area contributed by atoms with Gasteiger partial charge in [-0.15, -0.1) is 0 Å². The Bertz CT molecular complexity index is 2240. The van der Waals surface area contributed by atoms with Crippen molar-refractivity contribution in [1.29, 1.82) is 5.26 Å². The number of para-hydroxylation sites is 1. The van der Waals surface area contributed by atoms with Crippen molar-refractivity contribution in [2.75, 3.05) is 38.0 Å². The number of carbonyl (C=O) groups is 2. The van der Waals surface area contributed by atoms with E-state index in [0.29, 0.717) is 64.1 Å². The van der Waals surface area contributed by atoms with Gasteiger partial charge in [0.2, 0.25) is 5.13 Å². The zero-order valence-electron chi connectivity index (χ0n) is 36.5. The van der Waals surface area contributed by atoms with Crippen LogP contribution in [0.25, 0.3) is 10.2 Å². The molecule has 13 heteroatoms. The van der Waals surface area contributed by atoms with Crippen molar-refractivity contribution < 1.29 is 38.0 Å². The number of hydrazone groups is 1. The predicted molar refractivity (Wildman–Crippen MR) is 252 cm³/mol. The number of anilines is 1. The summed E-state index contributed by atoms with van der Waals surface area (Å²) in [6, 6.07) is 31.8. The second kappa shape index (κ2) is 28.1. The Balaban J connectivity index is 1.19. The van der Waals surface area contributed by atoms with E-state index in [2.05, 4.69) is 25.3 Å². The number of fused-ring (bicyclic) bond motifs is 1. The highest BCUT2D eigenvalue weighted by atomic mass is 32.1. The van der Waals surface area contributed by atoms with Crippen LogP contribution in [0.2, 0.25) is 0 Å². The fourth-order valence-electron chi connectivity index (χ4n) is 6.27. The molecule has 336 valence electrons. The number of hydrogen-bond donors (Lipinski definition) is 0. The van der Waals surface area contributed by atoms with Gasteiger partial charge in [0.05, 0.1) is 48.9 Å². The normalized spacial score (nSPS) is 10.9. The van der Waals surface area contributed by atoms with Crippen LogP contribution in [0.5, 0.6) is 23.0 Å². The molecule has 0 radical (unpaired) electrons. The van der Waals surface area contributed by atoms with Crippen molar-refractivity contribution in [3.8, 4) is 29.1 Å². The van der Waals surface area contributed by atoms with Gasteiger partial charge in [0.15, 0.2) is 0 Å².